The normalized spacial score (nSPS) is 12.8. The standard InChI is InChI=1S/C26H27FN4O7S/c1-2-38-26(33)22(16-17-7-11-19(27)12-8-17)29-25(32)21(15-18-9-13-20(28)14-10-18)30-39(36,37)24-6-4-3-5-23(24)31(34)35/h3-14,21-22,30H,2,15-16,28H2,1H3,(H,29,32)/t21-,22-/m0/s1. The quantitative estimate of drug-likeness (QED) is 0.132. The molecule has 0 bridgehead atoms. The number of nitrogen functional groups attached to an aromatic ring is 1. The van der Waals surface area contributed by atoms with E-state index in [1.807, 2.05) is 0 Å². The molecule has 4 N–H and O–H groups in total. The number of anilines is 1. The summed E-state index contributed by atoms with van der Waals surface area (Å²) in [4.78, 5) is 36.1. The van der Waals surface area contributed by atoms with E-state index in [0.717, 1.165) is 12.1 Å². The average Bonchev–Trinajstić information content (AvgIpc) is 2.90. The number of carbonyl (C=O) groups is 2. The maximum absolute atomic E-state index is 13.4. The Hall–Kier alpha value is -4.36. The Labute approximate surface area is 224 Å². The summed E-state index contributed by atoms with van der Waals surface area (Å²) in [5.41, 5.74) is 6.55. The molecular weight excluding hydrogens is 531 g/mol. The molecule has 0 heterocycles. The predicted octanol–water partition coefficient (Wildman–Crippen LogP) is 2.50. The number of halogens is 1. The van der Waals surface area contributed by atoms with Crippen molar-refractivity contribution < 1.29 is 32.1 Å². The molecule has 1 amide bonds. The Kier molecular flexibility index (Phi) is 9.68. The largest absolute Gasteiger partial charge is 0.464 e. The Morgan fingerprint density at radius 3 is 2.13 bits per heavy atom. The van der Waals surface area contributed by atoms with Crippen LogP contribution in [0.5, 0.6) is 0 Å². The third kappa shape index (κ3) is 8.06. The molecule has 0 saturated heterocycles. The van der Waals surface area contributed by atoms with Crippen molar-refractivity contribution in [3.63, 3.8) is 0 Å². The second-order valence-electron chi connectivity index (χ2n) is 8.49. The van der Waals surface area contributed by atoms with Gasteiger partial charge in [-0.25, -0.2) is 17.6 Å². The van der Waals surface area contributed by atoms with Gasteiger partial charge in [0.15, 0.2) is 4.90 Å². The van der Waals surface area contributed by atoms with Crippen molar-refractivity contribution in [2.75, 3.05) is 12.3 Å². The number of nitro benzene ring substituents is 1. The van der Waals surface area contributed by atoms with Gasteiger partial charge in [-0.1, -0.05) is 36.4 Å². The number of benzene rings is 3. The maximum Gasteiger partial charge on any atom is 0.328 e. The van der Waals surface area contributed by atoms with Gasteiger partial charge in [0.2, 0.25) is 15.9 Å². The fourth-order valence-electron chi connectivity index (χ4n) is 3.73. The third-order valence-electron chi connectivity index (χ3n) is 5.63. The fraction of sp³-hybridized carbons (Fsp3) is 0.231. The third-order valence-corrected chi connectivity index (χ3v) is 7.14. The summed E-state index contributed by atoms with van der Waals surface area (Å²) in [6, 6.07) is 13.6. The minimum Gasteiger partial charge on any atom is -0.464 e. The minimum absolute atomic E-state index is 0.0216. The lowest BCUT2D eigenvalue weighted by atomic mass is 10.0. The molecule has 0 aliphatic carbocycles. The lowest BCUT2D eigenvalue weighted by Gasteiger charge is -2.23. The first-order valence-electron chi connectivity index (χ1n) is 11.8. The summed E-state index contributed by atoms with van der Waals surface area (Å²) in [7, 11) is -4.57. The summed E-state index contributed by atoms with van der Waals surface area (Å²) < 4.78 is 47.1. The van der Waals surface area contributed by atoms with Crippen LogP contribution in [0.15, 0.2) is 77.7 Å². The summed E-state index contributed by atoms with van der Waals surface area (Å²) in [6.07, 6.45) is -0.228. The number of ether oxygens (including phenoxy) is 1. The van der Waals surface area contributed by atoms with E-state index in [-0.39, 0.29) is 19.4 Å². The van der Waals surface area contributed by atoms with Crippen LogP contribution in [0.4, 0.5) is 15.8 Å². The van der Waals surface area contributed by atoms with Gasteiger partial charge < -0.3 is 15.8 Å². The van der Waals surface area contributed by atoms with Crippen LogP contribution in [0.1, 0.15) is 18.1 Å². The van der Waals surface area contributed by atoms with Crippen molar-refractivity contribution in [1.82, 2.24) is 10.0 Å². The summed E-state index contributed by atoms with van der Waals surface area (Å²) >= 11 is 0. The lowest BCUT2D eigenvalue weighted by Crippen LogP contribution is -2.53. The number of rotatable bonds is 12. The van der Waals surface area contributed by atoms with Crippen LogP contribution in [-0.4, -0.2) is 43.9 Å². The van der Waals surface area contributed by atoms with Crippen molar-refractivity contribution in [3.8, 4) is 0 Å². The molecule has 0 radical (unpaired) electrons. The van der Waals surface area contributed by atoms with Gasteiger partial charge in [0.05, 0.1) is 11.5 Å². The van der Waals surface area contributed by atoms with Crippen LogP contribution < -0.4 is 15.8 Å². The van der Waals surface area contributed by atoms with E-state index in [9.17, 15) is 32.5 Å². The van der Waals surface area contributed by atoms with Crippen LogP contribution in [0.2, 0.25) is 0 Å². The minimum atomic E-state index is -4.57. The van der Waals surface area contributed by atoms with Crippen molar-refractivity contribution >= 4 is 33.3 Å². The van der Waals surface area contributed by atoms with E-state index in [2.05, 4.69) is 10.0 Å². The van der Waals surface area contributed by atoms with Crippen LogP contribution in [-0.2, 0) is 37.2 Å². The van der Waals surface area contributed by atoms with E-state index >= 15 is 0 Å². The molecule has 0 aromatic heterocycles. The fourth-order valence-corrected chi connectivity index (χ4v) is 5.10. The van der Waals surface area contributed by atoms with E-state index in [1.165, 1.54) is 36.4 Å². The molecule has 3 aromatic rings. The molecule has 2 atom stereocenters. The van der Waals surface area contributed by atoms with Gasteiger partial charge in [0, 0.05) is 18.2 Å². The molecule has 13 heteroatoms. The number of nitrogens with zero attached hydrogens (tertiary/aromatic N) is 1. The topological polar surface area (TPSA) is 171 Å². The first kappa shape index (κ1) is 29.2. The van der Waals surface area contributed by atoms with E-state index in [1.54, 1.807) is 31.2 Å². The zero-order valence-electron chi connectivity index (χ0n) is 20.9. The molecule has 0 unspecified atom stereocenters. The van der Waals surface area contributed by atoms with Crippen molar-refractivity contribution in [2.24, 2.45) is 0 Å². The van der Waals surface area contributed by atoms with Crippen LogP contribution in [0.25, 0.3) is 0 Å². The molecule has 0 spiro atoms. The summed E-state index contributed by atoms with van der Waals surface area (Å²) in [6.45, 7) is 1.60. The number of para-hydroxylation sites is 1. The van der Waals surface area contributed by atoms with Crippen LogP contribution in [0.3, 0.4) is 0 Å². The van der Waals surface area contributed by atoms with Crippen LogP contribution >= 0.6 is 0 Å². The number of carbonyl (C=O) groups excluding carboxylic acids is 2. The molecular formula is C26H27FN4O7S. The molecule has 206 valence electrons. The summed E-state index contributed by atoms with van der Waals surface area (Å²) in [5.74, 6) is -2.14. The van der Waals surface area contributed by atoms with Gasteiger partial charge in [-0.05, 0) is 54.8 Å². The molecule has 0 aliphatic rings. The highest BCUT2D eigenvalue weighted by molar-refractivity contribution is 7.89. The molecule has 0 saturated carbocycles. The first-order valence-corrected chi connectivity index (χ1v) is 13.3. The highest BCUT2D eigenvalue weighted by Crippen LogP contribution is 2.23. The van der Waals surface area contributed by atoms with Gasteiger partial charge in [-0.3, -0.25) is 14.9 Å². The zero-order chi connectivity index (χ0) is 28.6. The van der Waals surface area contributed by atoms with Crippen LogP contribution in [0, 0.1) is 15.9 Å². The predicted molar refractivity (Wildman–Crippen MR) is 140 cm³/mol. The Morgan fingerprint density at radius 2 is 1.54 bits per heavy atom. The number of nitrogens with one attached hydrogen (secondary N) is 2. The van der Waals surface area contributed by atoms with Gasteiger partial charge in [0.25, 0.3) is 5.69 Å². The number of nitrogens with two attached hydrogens (primary N) is 1. The Balaban J connectivity index is 1.93. The molecule has 0 aliphatic heterocycles. The van der Waals surface area contributed by atoms with Crippen molar-refractivity contribution in [3.05, 3.63) is 99.9 Å². The second-order valence-corrected chi connectivity index (χ2v) is 10.2. The first-order chi connectivity index (χ1) is 18.5. The number of hydrogen-bond acceptors (Lipinski definition) is 8. The number of nitro groups is 1. The molecule has 3 aromatic carbocycles. The Bertz CT molecular complexity index is 1430. The average molecular weight is 559 g/mol. The zero-order valence-corrected chi connectivity index (χ0v) is 21.7. The second kappa shape index (κ2) is 12.9. The summed E-state index contributed by atoms with van der Waals surface area (Å²) in [5, 5.41) is 14.0. The number of esters is 1. The smallest absolute Gasteiger partial charge is 0.328 e. The highest BCUT2D eigenvalue weighted by atomic mass is 32.2. The lowest BCUT2D eigenvalue weighted by molar-refractivity contribution is -0.387. The van der Waals surface area contributed by atoms with Gasteiger partial charge >= 0.3 is 5.97 Å². The van der Waals surface area contributed by atoms with Crippen molar-refractivity contribution in [1.29, 1.82) is 0 Å². The monoisotopic (exact) mass is 558 g/mol. The molecule has 11 nitrogen and oxygen atoms in total. The Morgan fingerprint density at radius 1 is 0.974 bits per heavy atom. The van der Waals surface area contributed by atoms with Gasteiger partial charge in [-0.2, -0.15) is 4.72 Å². The number of hydrogen-bond donors (Lipinski definition) is 3. The SMILES string of the molecule is CCOC(=O)[C@H](Cc1ccc(F)cc1)NC(=O)[C@H](Cc1ccc(N)cc1)NS(=O)(=O)c1ccccc1[N+](=O)[O-]. The van der Waals surface area contributed by atoms with E-state index < -0.39 is 55.3 Å². The number of amides is 1. The van der Waals surface area contributed by atoms with Crippen molar-refractivity contribution in [2.45, 2.75) is 36.7 Å². The van der Waals surface area contributed by atoms with E-state index in [0.29, 0.717) is 16.8 Å². The molecule has 0 fully saturated rings. The van der Waals surface area contributed by atoms with E-state index in [4.69, 9.17) is 10.5 Å². The van der Waals surface area contributed by atoms with Gasteiger partial charge in [-0.15, -0.1) is 0 Å². The molecule has 3 rings (SSSR count). The maximum atomic E-state index is 13.4. The number of sulfonamides is 1. The molecule has 39 heavy (non-hydrogen) atoms. The highest BCUT2D eigenvalue weighted by Gasteiger charge is 2.33. The van der Waals surface area contributed by atoms with Gasteiger partial charge in [0.1, 0.15) is 17.9 Å².